The van der Waals surface area contributed by atoms with E-state index in [1.165, 1.54) is 22.0 Å². The summed E-state index contributed by atoms with van der Waals surface area (Å²) >= 11 is 0. The first kappa shape index (κ1) is 25.7. The van der Waals surface area contributed by atoms with E-state index in [4.69, 9.17) is 0 Å². The third kappa shape index (κ3) is 6.48. The molecular formula is C25H34IN5O. The van der Waals surface area contributed by atoms with Crippen molar-refractivity contribution in [3.8, 4) is 0 Å². The molecule has 0 fully saturated rings. The lowest BCUT2D eigenvalue weighted by Gasteiger charge is -2.18. The number of H-pyrrole nitrogens is 1. The highest BCUT2D eigenvalue weighted by atomic mass is 127. The van der Waals surface area contributed by atoms with Crippen molar-refractivity contribution >= 4 is 46.7 Å². The van der Waals surface area contributed by atoms with Gasteiger partial charge in [-0.15, -0.1) is 24.0 Å². The van der Waals surface area contributed by atoms with Gasteiger partial charge in [0, 0.05) is 55.9 Å². The van der Waals surface area contributed by atoms with Crippen LogP contribution in [-0.2, 0) is 13.0 Å². The predicted molar refractivity (Wildman–Crippen MR) is 144 cm³/mol. The summed E-state index contributed by atoms with van der Waals surface area (Å²) in [4.78, 5) is 21.9. The average molecular weight is 547 g/mol. The smallest absolute Gasteiger partial charge is 0.253 e. The molecule has 0 spiro atoms. The lowest BCUT2D eigenvalue weighted by Crippen LogP contribution is -2.37. The molecule has 0 saturated carbocycles. The number of aryl methyl sites for hydroxylation is 1. The van der Waals surface area contributed by atoms with Crippen LogP contribution in [0.4, 0.5) is 0 Å². The number of nitrogens with one attached hydrogen (secondary N) is 3. The molecule has 32 heavy (non-hydrogen) atoms. The average Bonchev–Trinajstić information content (AvgIpc) is 3.19. The number of guanidine groups is 1. The highest BCUT2D eigenvalue weighted by Crippen LogP contribution is 2.19. The topological polar surface area (TPSA) is 72.5 Å². The Balaban J connectivity index is 0.00000363. The van der Waals surface area contributed by atoms with E-state index >= 15 is 0 Å². The second-order valence-electron chi connectivity index (χ2n) is 7.64. The molecule has 0 bridgehead atoms. The number of benzene rings is 2. The van der Waals surface area contributed by atoms with Crippen LogP contribution in [0.5, 0.6) is 0 Å². The molecule has 6 nitrogen and oxygen atoms in total. The molecule has 7 heteroatoms. The first-order chi connectivity index (χ1) is 15.0. The van der Waals surface area contributed by atoms with Crippen LogP contribution in [0.3, 0.4) is 0 Å². The Labute approximate surface area is 207 Å². The highest BCUT2D eigenvalue weighted by molar-refractivity contribution is 14.0. The third-order valence-electron chi connectivity index (χ3n) is 5.54. The molecule has 172 valence electrons. The zero-order chi connectivity index (χ0) is 22.2. The zero-order valence-corrected chi connectivity index (χ0v) is 21.7. The monoisotopic (exact) mass is 547 g/mol. The molecule has 0 radical (unpaired) electrons. The number of aliphatic imine (C=N–C) groups is 1. The maximum atomic E-state index is 12.4. The van der Waals surface area contributed by atoms with Crippen LogP contribution in [0.15, 0.2) is 53.7 Å². The number of halogens is 1. The van der Waals surface area contributed by atoms with Crippen LogP contribution in [0.25, 0.3) is 10.9 Å². The Kier molecular flexibility index (Phi) is 10.0. The minimum Gasteiger partial charge on any atom is -0.361 e. The molecular weight excluding hydrogens is 513 g/mol. The fourth-order valence-electron chi connectivity index (χ4n) is 3.69. The van der Waals surface area contributed by atoms with E-state index in [0.29, 0.717) is 6.54 Å². The largest absolute Gasteiger partial charge is 0.361 e. The number of aromatic amines is 1. The van der Waals surface area contributed by atoms with Gasteiger partial charge in [0.05, 0.1) is 0 Å². The van der Waals surface area contributed by atoms with Crippen molar-refractivity contribution in [1.82, 2.24) is 20.5 Å². The van der Waals surface area contributed by atoms with E-state index in [-0.39, 0.29) is 29.9 Å². The van der Waals surface area contributed by atoms with Gasteiger partial charge in [-0.1, -0.05) is 24.3 Å². The summed E-state index contributed by atoms with van der Waals surface area (Å²) in [6, 6.07) is 14.3. The zero-order valence-electron chi connectivity index (χ0n) is 19.4. The van der Waals surface area contributed by atoms with Crippen LogP contribution in [0, 0.1) is 6.92 Å². The fourth-order valence-corrected chi connectivity index (χ4v) is 3.69. The second-order valence-corrected chi connectivity index (χ2v) is 7.64. The summed E-state index contributed by atoms with van der Waals surface area (Å²) in [6.45, 7) is 8.98. The van der Waals surface area contributed by atoms with Crippen LogP contribution in [0.1, 0.15) is 40.9 Å². The van der Waals surface area contributed by atoms with E-state index in [1.807, 2.05) is 43.0 Å². The normalized spacial score (nSPS) is 11.2. The van der Waals surface area contributed by atoms with Crippen molar-refractivity contribution in [1.29, 1.82) is 0 Å². The van der Waals surface area contributed by atoms with Gasteiger partial charge in [0.1, 0.15) is 0 Å². The molecule has 0 saturated heterocycles. The Morgan fingerprint density at radius 2 is 1.78 bits per heavy atom. The van der Waals surface area contributed by atoms with E-state index in [1.54, 1.807) is 7.05 Å². The van der Waals surface area contributed by atoms with Crippen molar-refractivity contribution in [2.24, 2.45) is 4.99 Å². The molecule has 0 aliphatic heterocycles. The van der Waals surface area contributed by atoms with E-state index < -0.39 is 0 Å². The second kappa shape index (κ2) is 12.5. The van der Waals surface area contributed by atoms with Gasteiger partial charge < -0.3 is 20.5 Å². The number of aromatic nitrogens is 1. The lowest BCUT2D eigenvalue weighted by molar-refractivity contribution is 0.0773. The number of fused-ring (bicyclic) bond motifs is 1. The molecule has 2 aromatic carbocycles. The molecule has 3 rings (SSSR count). The summed E-state index contributed by atoms with van der Waals surface area (Å²) in [5, 5.41) is 7.99. The number of carbonyl (C=O) groups excluding carboxylic acids is 1. The van der Waals surface area contributed by atoms with Crippen molar-refractivity contribution in [3.05, 3.63) is 70.9 Å². The molecule has 0 aliphatic carbocycles. The summed E-state index contributed by atoms with van der Waals surface area (Å²) in [5.41, 5.74) is 5.57. The maximum Gasteiger partial charge on any atom is 0.253 e. The van der Waals surface area contributed by atoms with Crippen molar-refractivity contribution in [3.63, 3.8) is 0 Å². The highest BCUT2D eigenvalue weighted by Gasteiger charge is 2.12. The van der Waals surface area contributed by atoms with Gasteiger partial charge in [-0.3, -0.25) is 9.79 Å². The van der Waals surface area contributed by atoms with E-state index in [0.717, 1.165) is 43.1 Å². The third-order valence-corrected chi connectivity index (χ3v) is 5.54. The molecule has 3 N–H and O–H groups in total. The summed E-state index contributed by atoms with van der Waals surface area (Å²) in [5.74, 6) is 0.841. The number of carbonyl (C=O) groups is 1. The molecule has 0 unspecified atom stereocenters. The Morgan fingerprint density at radius 3 is 2.44 bits per heavy atom. The number of hydrogen-bond donors (Lipinski definition) is 3. The molecule has 0 atom stereocenters. The molecule has 3 aromatic rings. The summed E-state index contributed by atoms with van der Waals surface area (Å²) < 4.78 is 0. The van der Waals surface area contributed by atoms with Crippen molar-refractivity contribution in [2.75, 3.05) is 26.7 Å². The van der Waals surface area contributed by atoms with Gasteiger partial charge in [-0.2, -0.15) is 0 Å². The van der Waals surface area contributed by atoms with Crippen LogP contribution in [-0.4, -0.2) is 48.4 Å². The Morgan fingerprint density at radius 1 is 1.06 bits per heavy atom. The quantitative estimate of drug-likeness (QED) is 0.221. The predicted octanol–water partition coefficient (Wildman–Crippen LogP) is 4.48. The Hall–Kier alpha value is -2.55. The maximum absolute atomic E-state index is 12.4. The Bertz CT molecular complexity index is 1040. The van der Waals surface area contributed by atoms with Gasteiger partial charge in [0.2, 0.25) is 0 Å². The summed E-state index contributed by atoms with van der Waals surface area (Å²) in [6.07, 6.45) is 2.99. The molecule has 0 aliphatic rings. The van der Waals surface area contributed by atoms with Gasteiger partial charge in [0.15, 0.2) is 5.96 Å². The van der Waals surface area contributed by atoms with Gasteiger partial charge >= 0.3 is 0 Å². The minimum absolute atomic E-state index is 0. The SMILES string of the molecule is CCN(CC)C(=O)c1ccc(CNC(=NC)NCCc2c[nH]c3cc(C)ccc23)cc1.I. The van der Waals surface area contributed by atoms with E-state index in [9.17, 15) is 4.79 Å². The fraction of sp³-hybridized carbons (Fsp3) is 0.360. The molecule has 1 heterocycles. The first-order valence-electron chi connectivity index (χ1n) is 10.9. The molecule has 1 aromatic heterocycles. The standard InChI is InChI=1S/C25H33N5O.HI/c1-5-30(6-2)24(31)20-10-8-19(9-11-20)16-29-25(26-4)27-14-13-21-17-28-23-15-18(3)7-12-22(21)23;/h7-12,15,17,28H,5-6,13-14,16H2,1-4H3,(H2,26,27,29);1H. The number of hydrogen-bond acceptors (Lipinski definition) is 2. The first-order valence-corrected chi connectivity index (χ1v) is 10.9. The number of rotatable bonds is 8. The van der Waals surface area contributed by atoms with Gasteiger partial charge in [-0.25, -0.2) is 0 Å². The van der Waals surface area contributed by atoms with Crippen molar-refractivity contribution in [2.45, 2.75) is 33.7 Å². The number of nitrogens with zero attached hydrogens (tertiary/aromatic N) is 2. The van der Waals surface area contributed by atoms with E-state index in [2.05, 4.69) is 51.9 Å². The van der Waals surface area contributed by atoms with Gasteiger partial charge in [0.25, 0.3) is 5.91 Å². The van der Waals surface area contributed by atoms with Gasteiger partial charge in [-0.05, 0) is 62.1 Å². The minimum atomic E-state index is 0. The number of amides is 1. The van der Waals surface area contributed by atoms with Crippen LogP contribution in [0.2, 0.25) is 0 Å². The van der Waals surface area contributed by atoms with Crippen LogP contribution < -0.4 is 10.6 Å². The summed E-state index contributed by atoms with van der Waals surface area (Å²) in [7, 11) is 1.77. The van der Waals surface area contributed by atoms with Crippen LogP contribution >= 0.6 is 24.0 Å². The van der Waals surface area contributed by atoms with Crippen molar-refractivity contribution < 1.29 is 4.79 Å². The molecule has 1 amide bonds. The lowest BCUT2D eigenvalue weighted by atomic mass is 10.1.